The molecule has 1 unspecified atom stereocenters. The van der Waals surface area contributed by atoms with Gasteiger partial charge in [-0.1, -0.05) is 74.0 Å². The predicted molar refractivity (Wildman–Crippen MR) is 124 cm³/mol. The quantitative estimate of drug-likeness (QED) is 0.635. The molecule has 30 heavy (non-hydrogen) atoms. The molecule has 2 saturated carbocycles. The Kier molecular flexibility index (Phi) is 7.37. The summed E-state index contributed by atoms with van der Waals surface area (Å²) in [6.07, 6.45) is 11.7. The lowest BCUT2D eigenvalue weighted by Gasteiger charge is -2.31. The fraction of sp³-hybridized carbons (Fsp3) is 0.609. The van der Waals surface area contributed by atoms with Gasteiger partial charge in [-0.05, 0) is 37.8 Å². The van der Waals surface area contributed by atoms with Crippen molar-refractivity contribution in [3.05, 3.63) is 29.3 Å². The summed E-state index contributed by atoms with van der Waals surface area (Å²) in [6, 6.07) is 7.72. The van der Waals surface area contributed by atoms with Crippen LogP contribution in [0.5, 0.6) is 0 Å². The molecule has 7 heteroatoms. The van der Waals surface area contributed by atoms with Crippen molar-refractivity contribution in [3.8, 4) is 0 Å². The number of thioether (sulfide) groups is 1. The number of hydrogen-bond acceptors (Lipinski definition) is 4. The minimum Gasteiger partial charge on any atom is -0.325 e. The number of para-hydroxylation sites is 1. The number of nitrogens with one attached hydrogen (secondary N) is 1. The van der Waals surface area contributed by atoms with E-state index in [1.165, 1.54) is 37.4 Å². The Bertz CT molecular complexity index is 803. The van der Waals surface area contributed by atoms with Crippen LogP contribution in [0.3, 0.4) is 0 Å². The van der Waals surface area contributed by atoms with Crippen LogP contribution < -0.4 is 5.32 Å². The van der Waals surface area contributed by atoms with Crippen LogP contribution in [0.4, 0.5) is 5.69 Å². The van der Waals surface area contributed by atoms with Gasteiger partial charge in [-0.3, -0.25) is 19.5 Å². The highest BCUT2D eigenvalue weighted by molar-refractivity contribution is 8.15. The van der Waals surface area contributed by atoms with Gasteiger partial charge in [0.25, 0.3) is 0 Å². The van der Waals surface area contributed by atoms with Gasteiger partial charge in [0, 0.05) is 12.5 Å². The van der Waals surface area contributed by atoms with Crippen molar-refractivity contribution in [2.75, 3.05) is 5.32 Å². The zero-order chi connectivity index (χ0) is 20.9. The van der Waals surface area contributed by atoms with Gasteiger partial charge in [0.05, 0.1) is 16.8 Å². The van der Waals surface area contributed by atoms with Crippen molar-refractivity contribution < 1.29 is 9.59 Å². The molecule has 1 atom stereocenters. The number of carbonyl (C=O) groups is 2. The SMILES string of the molecule is O=C(CC1SC(=NC2CCCCC2)N(C2CCCCC2)C1=O)Nc1ccccc1Cl. The van der Waals surface area contributed by atoms with E-state index in [1.807, 2.05) is 17.0 Å². The topological polar surface area (TPSA) is 61.8 Å². The number of anilines is 1. The molecule has 0 spiro atoms. The summed E-state index contributed by atoms with van der Waals surface area (Å²) >= 11 is 7.65. The van der Waals surface area contributed by atoms with Crippen LogP contribution in [0.15, 0.2) is 29.3 Å². The lowest BCUT2D eigenvalue weighted by molar-refractivity contribution is -0.130. The van der Waals surface area contributed by atoms with Crippen molar-refractivity contribution in [1.29, 1.82) is 0 Å². The molecule has 1 N–H and O–H groups in total. The van der Waals surface area contributed by atoms with E-state index in [4.69, 9.17) is 16.6 Å². The maximum absolute atomic E-state index is 13.3. The van der Waals surface area contributed by atoms with Gasteiger partial charge < -0.3 is 5.32 Å². The predicted octanol–water partition coefficient (Wildman–Crippen LogP) is 5.63. The molecule has 4 rings (SSSR count). The van der Waals surface area contributed by atoms with E-state index < -0.39 is 5.25 Å². The van der Waals surface area contributed by atoms with E-state index in [-0.39, 0.29) is 24.3 Å². The van der Waals surface area contributed by atoms with Crippen LogP contribution >= 0.6 is 23.4 Å². The van der Waals surface area contributed by atoms with Crippen molar-refractivity contribution in [3.63, 3.8) is 0 Å². The number of hydrogen-bond donors (Lipinski definition) is 1. The van der Waals surface area contributed by atoms with E-state index in [2.05, 4.69) is 5.32 Å². The molecule has 162 valence electrons. The number of halogens is 1. The maximum Gasteiger partial charge on any atom is 0.242 e. The molecular weight excluding hydrogens is 418 g/mol. The molecule has 0 radical (unpaired) electrons. The van der Waals surface area contributed by atoms with Crippen LogP contribution in [0, 0.1) is 0 Å². The summed E-state index contributed by atoms with van der Waals surface area (Å²) < 4.78 is 0. The Morgan fingerprint density at radius 1 is 1.07 bits per heavy atom. The molecule has 1 saturated heterocycles. The third-order valence-electron chi connectivity index (χ3n) is 6.29. The number of amides is 2. The van der Waals surface area contributed by atoms with Gasteiger partial charge >= 0.3 is 0 Å². The Labute approximate surface area is 188 Å². The first kappa shape index (κ1) is 21.7. The fourth-order valence-corrected chi connectivity index (χ4v) is 6.13. The third kappa shape index (κ3) is 5.20. The zero-order valence-corrected chi connectivity index (χ0v) is 18.9. The molecule has 1 aliphatic heterocycles. The number of amidine groups is 1. The van der Waals surface area contributed by atoms with E-state index in [0.717, 1.165) is 43.7 Å². The average molecular weight is 448 g/mol. The van der Waals surface area contributed by atoms with Crippen LogP contribution in [0.1, 0.15) is 70.6 Å². The van der Waals surface area contributed by atoms with Gasteiger partial charge in [0.1, 0.15) is 5.25 Å². The third-order valence-corrected chi connectivity index (χ3v) is 7.79. The Morgan fingerprint density at radius 3 is 2.43 bits per heavy atom. The number of aliphatic imine (C=N–C) groups is 1. The zero-order valence-electron chi connectivity index (χ0n) is 17.3. The number of benzene rings is 1. The highest BCUT2D eigenvalue weighted by atomic mass is 35.5. The minimum absolute atomic E-state index is 0.0516. The summed E-state index contributed by atoms with van der Waals surface area (Å²) in [5.41, 5.74) is 0.583. The van der Waals surface area contributed by atoms with Crippen molar-refractivity contribution in [1.82, 2.24) is 4.90 Å². The molecular formula is C23H30ClN3O2S. The van der Waals surface area contributed by atoms with Gasteiger partial charge in [0.2, 0.25) is 11.8 Å². The Hall–Kier alpha value is -1.53. The van der Waals surface area contributed by atoms with Crippen molar-refractivity contribution in [2.24, 2.45) is 4.99 Å². The Morgan fingerprint density at radius 2 is 1.73 bits per heavy atom. The largest absolute Gasteiger partial charge is 0.325 e. The van der Waals surface area contributed by atoms with E-state index in [1.54, 1.807) is 12.1 Å². The molecule has 0 bridgehead atoms. The smallest absolute Gasteiger partial charge is 0.242 e. The summed E-state index contributed by atoms with van der Waals surface area (Å²) in [4.78, 5) is 33.0. The molecule has 1 aromatic carbocycles. The van der Waals surface area contributed by atoms with Crippen LogP contribution in [0.2, 0.25) is 5.02 Å². The molecule has 1 heterocycles. The van der Waals surface area contributed by atoms with E-state index in [0.29, 0.717) is 16.8 Å². The lowest BCUT2D eigenvalue weighted by Crippen LogP contribution is -2.43. The molecule has 2 amide bonds. The second-order valence-electron chi connectivity index (χ2n) is 8.54. The van der Waals surface area contributed by atoms with E-state index in [9.17, 15) is 9.59 Å². The fourth-order valence-electron chi connectivity index (χ4n) is 4.68. The van der Waals surface area contributed by atoms with Crippen molar-refractivity contribution >= 4 is 46.0 Å². The molecule has 3 fully saturated rings. The number of nitrogens with zero attached hydrogens (tertiary/aromatic N) is 2. The van der Waals surface area contributed by atoms with Gasteiger partial charge in [-0.2, -0.15) is 0 Å². The monoisotopic (exact) mass is 447 g/mol. The van der Waals surface area contributed by atoms with Crippen molar-refractivity contribution in [2.45, 2.75) is 88.0 Å². The minimum atomic E-state index is -0.406. The highest BCUT2D eigenvalue weighted by Gasteiger charge is 2.43. The molecule has 1 aromatic rings. The normalized spacial score (nSPS) is 25.1. The lowest BCUT2D eigenvalue weighted by atomic mass is 9.94. The summed E-state index contributed by atoms with van der Waals surface area (Å²) in [7, 11) is 0. The maximum atomic E-state index is 13.3. The molecule has 5 nitrogen and oxygen atoms in total. The highest BCUT2D eigenvalue weighted by Crippen LogP contribution is 2.37. The first-order valence-electron chi connectivity index (χ1n) is 11.2. The van der Waals surface area contributed by atoms with Crippen LogP contribution in [0.25, 0.3) is 0 Å². The first-order valence-corrected chi connectivity index (χ1v) is 12.5. The molecule has 3 aliphatic rings. The van der Waals surface area contributed by atoms with Gasteiger partial charge in [0.15, 0.2) is 5.17 Å². The number of rotatable bonds is 5. The summed E-state index contributed by atoms with van der Waals surface area (Å²) in [6.45, 7) is 0. The standard InChI is InChI=1S/C23H30ClN3O2S/c24-18-13-7-8-14-19(18)26-21(28)15-20-22(29)27(17-11-5-2-6-12-17)23(30-20)25-16-9-3-1-4-10-16/h7-8,13-14,16-17,20H,1-6,9-12,15H2,(H,26,28). The van der Waals surface area contributed by atoms with Crippen LogP contribution in [-0.4, -0.2) is 39.2 Å². The molecule has 0 aromatic heterocycles. The number of carbonyl (C=O) groups excluding carboxylic acids is 2. The van der Waals surface area contributed by atoms with E-state index >= 15 is 0 Å². The second-order valence-corrected chi connectivity index (χ2v) is 10.1. The first-order chi connectivity index (χ1) is 14.6. The second kappa shape index (κ2) is 10.2. The van der Waals surface area contributed by atoms with Crippen LogP contribution in [-0.2, 0) is 9.59 Å². The van der Waals surface area contributed by atoms with Gasteiger partial charge in [-0.15, -0.1) is 0 Å². The average Bonchev–Trinajstić information content (AvgIpc) is 3.05. The van der Waals surface area contributed by atoms with Gasteiger partial charge in [-0.25, -0.2) is 0 Å². The summed E-state index contributed by atoms with van der Waals surface area (Å²) in [5, 5.41) is 3.80. The Balaban J connectivity index is 1.48. The molecule has 2 aliphatic carbocycles. The summed E-state index contributed by atoms with van der Waals surface area (Å²) in [5.74, 6) is -0.132.